The summed E-state index contributed by atoms with van der Waals surface area (Å²) in [5, 5.41) is 10.2. The van der Waals surface area contributed by atoms with Crippen molar-refractivity contribution in [1.82, 2.24) is 0 Å². The molecule has 3 amide bonds. The van der Waals surface area contributed by atoms with E-state index in [1.165, 1.54) is 18.3 Å². The number of amides is 3. The van der Waals surface area contributed by atoms with Crippen LogP contribution in [0.2, 0.25) is 5.02 Å². The minimum atomic E-state index is -0.374. The molecule has 0 atom stereocenters. The number of thiophene rings is 1. The normalized spacial score (nSPS) is 10.2. The zero-order chi connectivity index (χ0) is 20.1. The monoisotopic (exact) mass is 413 g/mol. The molecule has 28 heavy (non-hydrogen) atoms. The van der Waals surface area contributed by atoms with Gasteiger partial charge >= 0.3 is 0 Å². The minimum Gasteiger partial charge on any atom is -0.326 e. The second-order valence-electron chi connectivity index (χ2n) is 5.84. The molecule has 142 valence electrons. The lowest BCUT2D eigenvalue weighted by atomic mass is 10.1. The van der Waals surface area contributed by atoms with Crippen molar-refractivity contribution in [1.29, 1.82) is 0 Å². The van der Waals surface area contributed by atoms with Crippen LogP contribution in [0, 0.1) is 0 Å². The Bertz CT molecular complexity index is 1030. The molecular formula is C20H16ClN3O3S. The summed E-state index contributed by atoms with van der Waals surface area (Å²) in [6.45, 7) is 1.40. The van der Waals surface area contributed by atoms with Crippen LogP contribution in [0.25, 0.3) is 0 Å². The highest BCUT2D eigenvalue weighted by atomic mass is 35.5. The summed E-state index contributed by atoms with van der Waals surface area (Å²) in [5.74, 6) is -0.820. The molecular weight excluding hydrogens is 398 g/mol. The lowest BCUT2D eigenvalue weighted by Crippen LogP contribution is -2.14. The van der Waals surface area contributed by atoms with Gasteiger partial charge in [0, 0.05) is 23.9 Å². The number of anilines is 3. The van der Waals surface area contributed by atoms with E-state index in [4.69, 9.17) is 11.6 Å². The SMILES string of the molecule is CC(=O)Nc1ccc(NC(=O)c2cccc(NC(=O)c3cccs3)c2)c(Cl)c1. The summed E-state index contributed by atoms with van der Waals surface area (Å²) in [7, 11) is 0. The van der Waals surface area contributed by atoms with Gasteiger partial charge in [-0.15, -0.1) is 11.3 Å². The molecule has 0 saturated heterocycles. The van der Waals surface area contributed by atoms with Crippen LogP contribution in [0.15, 0.2) is 60.0 Å². The topological polar surface area (TPSA) is 87.3 Å². The van der Waals surface area contributed by atoms with Gasteiger partial charge in [0.25, 0.3) is 11.8 Å². The number of nitrogens with one attached hydrogen (secondary N) is 3. The first-order valence-corrected chi connectivity index (χ1v) is 9.51. The Labute approximate surface area is 170 Å². The highest BCUT2D eigenvalue weighted by molar-refractivity contribution is 7.12. The summed E-state index contributed by atoms with van der Waals surface area (Å²) in [5.41, 5.74) is 1.83. The van der Waals surface area contributed by atoms with Crippen LogP contribution in [0.3, 0.4) is 0 Å². The van der Waals surface area contributed by atoms with E-state index in [0.29, 0.717) is 32.5 Å². The second-order valence-corrected chi connectivity index (χ2v) is 7.20. The fraction of sp³-hybridized carbons (Fsp3) is 0.0500. The van der Waals surface area contributed by atoms with E-state index >= 15 is 0 Å². The third-order valence-corrected chi connectivity index (χ3v) is 4.85. The largest absolute Gasteiger partial charge is 0.326 e. The van der Waals surface area contributed by atoms with Crippen molar-refractivity contribution in [2.75, 3.05) is 16.0 Å². The van der Waals surface area contributed by atoms with Gasteiger partial charge in [0.15, 0.2) is 0 Å². The first-order chi connectivity index (χ1) is 13.4. The van der Waals surface area contributed by atoms with E-state index in [-0.39, 0.29) is 17.7 Å². The molecule has 3 rings (SSSR count). The van der Waals surface area contributed by atoms with Crippen molar-refractivity contribution < 1.29 is 14.4 Å². The smallest absolute Gasteiger partial charge is 0.265 e. The van der Waals surface area contributed by atoms with Gasteiger partial charge in [-0.25, -0.2) is 0 Å². The van der Waals surface area contributed by atoms with Crippen molar-refractivity contribution in [3.63, 3.8) is 0 Å². The maximum Gasteiger partial charge on any atom is 0.265 e. The molecule has 0 aliphatic rings. The Morgan fingerprint density at radius 2 is 1.64 bits per heavy atom. The second kappa shape index (κ2) is 8.69. The highest BCUT2D eigenvalue weighted by Crippen LogP contribution is 2.26. The Morgan fingerprint density at radius 1 is 0.857 bits per heavy atom. The zero-order valence-electron chi connectivity index (χ0n) is 14.8. The van der Waals surface area contributed by atoms with E-state index in [1.807, 2.05) is 5.38 Å². The number of benzene rings is 2. The summed E-state index contributed by atoms with van der Waals surface area (Å²) in [4.78, 5) is 36.4. The van der Waals surface area contributed by atoms with Crippen molar-refractivity contribution in [2.24, 2.45) is 0 Å². The lowest BCUT2D eigenvalue weighted by molar-refractivity contribution is -0.114. The molecule has 8 heteroatoms. The Balaban J connectivity index is 1.71. The van der Waals surface area contributed by atoms with Crippen molar-refractivity contribution in [3.8, 4) is 0 Å². The van der Waals surface area contributed by atoms with Crippen molar-refractivity contribution in [3.05, 3.63) is 75.4 Å². The quantitative estimate of drug-likeness (QED) is 0.558. The lowest BCUT2D eigenvalue weighted by Gasteiger charge is -2.10. The van der Waals surface area contributed by atoms with Crippen LogP contribution in [-0.2, 0) is 4.79 Å². The Morgan fingerprint density at radius 3 is 2.32 bits per heavy atom. The highest BCUT2D eigenvalue weighted by Gasteiger charge is 2.12. The standard InChI is InChI=1S/C20H16ClN3O3S/c1-12(25)22-15-7-8-17(16(21)11-15)24-19(26)13-4-2-5-14(10-13)23-20(27)18-6-3-9-28-18/h2-11H,1H3,(H,22,25)(H,23,27)(H,24,26). The molecule has 3 aromatic rings. The van der Waals surface area contributed by atoms with Gasteiger partial charge in [-0.1, -0.05) is 23.7 Å². The molecule has 0 bridgehead atoms. The van der Waals surface area contributed by atoms with Gasteiger partial charge in [-0.3, -0.25) is 14.4 Å². The van der Waals surface area contributed by atoms with E-state index in [0.717, 1.165) is 0 Å². The fourth-order valence-corrected chi connectivity index (χ4v) is 3.28. The molecule has 2 aromatic carbocycles. The van der Waals surface area contributed by atoms with Crippen LogP contribution < -0.4 is 16.0 Å². The third-order valence-electron chi connectivity index (χ3n) is 3.67. The number of carbonyl (C=O) groups is 3. The van der Waals surface area contributed by atoms with E-state index in [9.17, 15) is 14.4 Å². The number of rotatable bonds is 5. The van der Waals surface area contributed by atoms with Crippen molar-refractivity contribution in [2.45, 2.75) is 6.92 Å². The van der Waals surface area contributed by atoms with E-state index in [2.05, 4.69) is 16.0 Å². The molecule has 6 nitrogen and oxygen atoms in total. The van der Waals surface area contributed by atoms with Gasteiger partial charge < -0.3 is 16.0 Å². The molecule has 0 fully saturated rings. The Kier molecular flexibility index (Phi) is 6.08. The van der Waals surface area contributed by atoms with Gasteiger partial charge in [0.1, 0.15) is 0 Å². The minimum absolute atomic E-state index is 0.214. The van der Waals surface area contributed by atoms with Crippen LogP contribution in [0.1, 0.15) is 27.0 Å². The zero-order valence-corrected chi connectivity index (χ0v) is 16.4. The number of halogens is 1. The van der Waals surface area contributed by atoms with Gasteiger partial charge in [-0.2, -0.15) is 0 Å². The van der Waals surface area contributed by atoms with Gasteiger partial charge in [-0.05, 0) is 47.8 Å². The van der Waals surface area contributed by atoms with Crippen LogP contribution in [0.5, 0.6) is 0 Å². The molecule has 0 aliphatic heterocycles. The number of hydrogen-bond acceptors (Lipinski definition) is 4. The molecule has 1 heterocycles. The number of hydrogen-bond donors (Lipinski definition) is 3. The Hall–Kier alpha value is -3.16. The summed E-state index contributed by atoms with van der Waals surface area (Å²) < 4.78 is 0. The van der Waals surface area contributed by atoms with E-state index in [1.54, 1.807) is 54.6 Å². The maximum absolute atomic E-state index is 12.5. The molecule has 3 N–H and O–H groups in total. The van der Waals surface area contributed by atoms with Gasteiger partial charge in [0.2, 0.25) is 5.91 Å². The summed E-state index contributed by atoms with van der Waals surface area (Å²) in [6, 6.07) is 14.9. The predicted octanol–water partition coefficient (Wildman–Crippen LogP) is 4.86. The number of carbonyl (C=O) groups excluding carboxylic acids is 3. The molecule has 1 aromatic heterocycles. The predicted molar refractivity (Wildman–Crippen MR) is 112 cm³/mol. The van der Waals surface area contributed by atoms with Crippen molar-refractivity contribution >= 4 is 57.7 Å². The van der Waals surface area contributed by atoms with E-state index < -0.39 is 0 Å². The summed E-state index contributed by atoms with van der Waals surface area (Å²) in [6.07, 6.45) is 0. The van der Waals surface area contributed by atoms with Crippen LogP contribution >= 0.6 is 22.9 Å². The molecule has 0 spiro atoms. The van der Waals surface area contributed by atoms with Crippen LogP contribution in [-0.4, -0.2) is 17.7 Å². The molecule has 0 aliphatic carbocycles. The average Bonchev–Trinajstić information content (AvgIpc) is 3.18. The fourth-order valence-electron chi connectivity index (χ4n) is 2.43. The molecule has 0 radical (unpaired) electrons. The third kappa shape index (κ3) is 4.97. The summed E-state index contributed by atoms with van der Waals surface area (Å²) >= 11 is 7.52. The average molecular weight is 414 g/mol. The first kappa shape index (κ1) is 19.6. The first-order valence-electron chi connectivity index (χ1n) is 8.26. The maximum atomic E-state index is 12.5. The molecule has 0 saturated carbocycles. The van der Waals surface area contributed by atoms with Crippen LogP contribution in [0.4, 0.5) is 17.1 Å². The van der Waals surface area contributed by atoms with Gasteiger partial charge in [0.05, 0.1) is 15.6 Å². The molecule has 0 unspecified atom stereocenters.